The monoisotopic (exact) mass is 181 g/mol. The molecular formula is C10H12FNO. The minimum absolute atomic E-state index is 0.143. The summed E-state index contributed by atoms with van der Waals surface area (Å²) in [5.74, 6) is 0.273. The zero-order valence-corrected chi connectivity index (χ0v) is 7.51. The topological polar surface area (TPSA) is 35.2 Å². The Labute approximate surface area is 76.8 Å². The Kier molecular flexibility index (Phi) is 3.03. The van der Waals surface area contributed by atoms with Gasteiger partial charge < -0.3 is 10.5 Å². The summed E-state index contributed by atoms with van der Waals surface area (Å²) in [5, 5.41) is 0. The van der Waals surface area contributed by atoms with Crippen LogP contribution in [0.3, 0.4) is 0 Å². The molecule has 13 heavy (non-hydrogen) atoms. The Hall–Kier alpha value is -1.35. The molecule has 1 rings (SSSR count). The molecule has 0 radical (unpaired) electrons. The molecule has 70 valence electrons. The highest BCUT2D eigenvalue weighted by molar-refractivity contribution is 5.60. The van der Waals surface area contributed by atoms with E-state index in [0.29, 0.717) is 16.9 Å². The number of hydrogen-bond acceptors (Lipinski definition) is 2. The summed E-state index contributed by atoms with van der Waals surface area (Å²) in [6, 6.07) is 2.90. The Morgan fingerprint density at radius 1 is 1.62 bits per heavy atom. The Morgan fingerprint density at radius 2 is 2.31 bits per heavy atom. The van der Waals surface area contributed by atoms with Crippen LogP contribution in [0.15, 0.2) is 18.7 Å². The third-order valence-electron chi connectivity index (χ3n) is 1.89. The summed E-state index contributed by atoms with van der Waals surface area (Å²) < 4.78 is 18.2. The number of ether oxygens (including phenoxy) is 1. The third-order valence-corrected chi connectivity index (χ3v) is 1.89. The molecular weight excluding hydrogens is 169 g/mol. The smallest absolute Gasteiger partial charge is 0.128 e. The molecule has 0 aliphatic rings. The predicted molar refractivity (Wildman–Crippen MR) is 50.9 cm³/mol. The average molecular weight is 181 g/mol. The van der Waals surface area contributed by atoms with Gasteiger partial charge in [0.15, 0.2) is 0 Å². The fourth-order valence-corrected chi connectivity index (χ4v) is 1.23. The maximum Gasteiger partial charge on any atom is 0.128 e. The lowest BCUT2D eigenvalue weighted by molar-refractivity contribution is 0.411. The van der Waals surface area contributed by atoms with Crippen LogP contribution in [0.4, 0.5) is 4.39 Å². The molecule has 0 aliphatic carbocycles. The first-order chi connectivity index (χ1) is 6.24. The highest BCUT2D eigenvalue weighted by atomic mass is 19.1. The average Bonchev–Trinajstić information content (AvgIpc) is 2.17. The van der Waals surface area contributed by atoms with E-state index in [-0.39, 0.29) is 12.4 Å². The van der Waals surface area contributed by atoms with E-state index in [1.165, 1.54) is 13.2 Å². The largest absolute Gasteiger partial charge is 0.496 e. The van der Waals surface area contributed by atoms with Crippen molar-refractivity contribution < 1.29 is 9.13 Å². The van der Waals surface area contributed by atoms with E-state index in [1.807, 2.05) is 0 Å². The minimum atomic E-state index is -0.321. The van der Waals surface area contributed by atoms with Gasteiger partial charge in [0.25, 0.3) is 0 Å². The van der Waals surface area contributed by atoms with Crippen molar-refractivity contribution in [1.29, 1.82) is 0 Å². The standard InChI is InChI=1S/C10H12FNO/c1-3-7-8(6-12)9(11)4-5-10(7)13-2/h3-5H,1,6,12H2,2H3. The maximum atomic E-state index is 13.2. The summed E-state index contributed by atoms with van der Waals surface area (Å²) in [6.07, 6.45) is 1.55. The molecule has 0 saturated heterocycles. The molecule has 2 nitrogen and oxygen atoms in total. The summed E-state index contributed by atoms with van der Waals surface area (Å²) in [7, 11) is 1.53. The van der Waals surface area contributed by atoms with Gasteiger partial charge >= 0.3 is 0 Å². The van der Waals surface area contributed by atoms with Crippen LogP contribution >= 0.6 is 0 Å². The van der Waals surface area contributed by atoms with Gasteiger partial charge in [-0.1, -0.05) is 12.7 Å². The van der Waals surface area contributed by atoms with Gasteiger partial charge in [-0.3, -0.25) is 0 Å². The lowest BCUT2D eigenvalue weighted by Gasteiger charge is -2.09. The lowest BCUT2D eigenvalue weighted by atomic mass is 10.1. The molecule has 1 aromatic carbocycles. The number of methoxy groups -OCH3 is 1. The summed E-state index contributed by atoms with van der Waals surface area (Å²) in [5.41, 5.74) is 6.48. The number of halogens is 1. The Morgan fingerprint density at radius 3 is 2.77 bits per heavy atom. The fraction of sp³-hybridized carbons (Fsp3) is 0.200. The number of nitrogens with two attached hydrogens (primary N) is 1. The molecule has 0 spiro atoms. The van der Waals surface area contributed by atoms with Crippen LogP contribution in [0.2, 0.25) is 0 Å². The van der Waals surface area contributed by atoms with Crippen molar-refractivity contribution in [1.82, 2.24) is 0 Å². The first-order valence-electron chi connectivity index (χ1n) is 3.92. The van der Waals surface area contributed by atoms with Gasteiger partial charge in [-0.25, -0.2) is 4.39 Å². The van der Waals surface area contributed by atoms with E-state index in [2.05, 4.69) is 6.58 Å². The Balaban J connectivity index is 3.36. The summed E-state index contributed by atoms with van der Waals surface area (Å²) in [4.78, 5) is 0. The van der Waals surface area contributed by atoms with Crippen molar-refractivity contribution in [2.45, 2.75) is 6.54 Å². The molecule has 0 atom stereocenters. The number of hydrogen-bond donors (Lipinski definition) is 1. The fourth-order valence-electron chi connectivity index (χ4n) is 1.23. The van der Waals surface area contributed by atoms with E-state index < -0.39 is 0 Å². The van der Waals surface area contributed by atoms with Crippen molar-refractivity contribution in [2.75, 3.05) is 7.11 Å². The van der Waals surface area contributed by atoms with E-state index in [9.17, 15) is 4.39 Å². The predicted octanol–water partition coefficient (Wildman–Crippen LogP) is 1.94. The molecule has 1 aromatic rings. The van der Waals surface area contributed by atoms with Gasteiger partial charge in [0.1, 0.15) is 11.6 Å². The second-order valence-electron chi connectivity index (χ2n) is 2.55. The maximum absolute atomic E-state index is 13.2. The van der Waals surface area contributed by atoms with Gasteiger partial charge in [-0.15, -0.1) is 0 Å². The normalized spacial score (nSPS) is 9.77. The molecule has 2 N–H and O–H groups in total. The van der Waals surface area contributed by atoms with Gasteiger partial charge in [0.05, 0.1) is 7.11 Å². The summed E-state index contributed by atoms with van der Waals surface area (Å²) >= 11 is 0. The molecule has 0 fully saturated rings. The van der Waals surface area contributed by atoms with Crippen molar-refractivity contribution in [3.63, 3.8) is 0 Å². The first kappa shape index (κ1) is 9.74. The zero-order chi connectivity index (χ0) is 9.84. The molecule has 0 bridgehead atoms. The second-order valence-corrected chi connectivity index (χ2v) is 2.55. The highest BCUT2D eigenvalue weighted by Crippen LogP contribution is 2.25. The van der Waals surface area contributed by atoms with Crippen molar-refractivity contribution in [3.05, 3.63) is 35.7 Å². The number of benzene rings is 1. The summed E-state index contributed by atoms with van der Waals surface area (Å²) in [6.45, 7) is 3.73. The van der Waals surface area contributed by atoms with Crippen LogP contribution < -0.4 is 10.5 Å². The van der Waals surface area contributed by atoms with Crippen LogP contribution in [-0.2, 0) is 6.54 Å². The second kappa shape index (κ2) is 4.05. The molecule has 0 aromatic heterocycles. The highest BCUT2D eigenvalue weighted by Gasteiger charge is 2.09. The minimum Gasteiger partial charge on any atom is -0.496 e. The van der Waals surface area contributed by atoms with Gasteiger partial charge in [0.2, 0.25) is 0 Å². The van der Waals surface area contributed by atoms with Crippen LogP contribution in [-0.4, -0.2) is 7.11 Å². The van der Waals surface area contributed by atoms with Crippen molar-refractivity contribution >= 4 is 6.08 Å². The SMILES string of the molecule is C=Cc1c(OC)ccc(F)c1CN. The lowest BCUT2D eigenvalue weighted by Crippen LogP contribution is -2.04. The molecule has 0 heterocycles. The van der Waals surface area contributed by atoms with Crippen LogP contribution in [0, 0.1) is 5.82 Å². The quantitative estimate of drug-likeness (QED) is 0.773. The van der Waals surface area contributed by atoms with E-state index in [0.717, 1.165) is 0 Å². The van der Waals surface area contributed by atoms with Crippen LogP contribution in [0.1, 0.15) is 11.1 Å². The van der Waals surface area contributed by atoms with Crippen molar-refractivity contribution in [3.8, 4) is 5.75 Å². The first-order valence-corrected chi connectivity index (χ1v) is 3.92. The van der Waals surface area contributed by atoms with Gasteiger partial charge in [-0.05, 0) is 12.1 Å². The van der Waals surface area contributed by atoms with E-state index in [1.54, 1.807) is 12.1 Å². The molecule has 0 saturated carbocycles. The molecule has 0 aliphatic heterocycles. The van der Waals surface area contributed by atoms with Crippen LogP contribution in [0.25, 0.3) is 6.08 Å². The zero-order valence-electron chi connectivity index (χ0n) is 7.51. The van der Waals surface area contributed by atoms with Gasteiger partial charge in [-0.2, -0.15) is 0 Å². The Bertz CT molecular complexity index is 323. The van der Waals surface area contributed by atoms with Crippen molar-refractivity contribution in [2.24, 2.45) is 5.73 Å². The molecule has 0 unspecified atom stereocenters. The molecule has 0 amide bonds. The van der Waals surface area contributed by atoms with Gasteiger partial charge in [0, 0.05) is 17.7 Å². The van der Waals surface area contributed by atoms with E-state index >= 15 is 0 Å². The molecule has 3 heteroatoms. The van der Waals surface area contributed by atoms with E-state index in [4.69, 9.17) is 10.5 Å². The third kappa shape index (κ3) is 1.70. The number of rotatable bonds is 3. The van der Waals surface area contributed by atoms with Crippen LogP contribution in [0.5, 0.6) is 5.75 Å².